The van der Waals surface area contributed by atoms with Crippen molar-refractivity contribution in [3.05, 3.63) is 69.1 Å². The van der Waals surface area contributed by atoms with Crippen LogP contribution in [0.5, 0.6) is 0 Å². The number of thiazole rings is 1. The predicted octanol–water partition coefficient (Wildman–Crippen LogP) is 2.07. The fraction of sp³-hybridized carbons (Fsp3) is 0.263. The number of hydrogen-bond acceptors (Lipinski definition) is 9. The Morgan fingerprint density at radius 1 is 1.18 bits per heavy atom. The molecule has 0 bridgehead atoms. The molecule has 2 heterocycles. The van der Waals surface area contributed by atoms with Crippen LogP contribution in [0.1, 0.15) is 37.3 Å². The van der Waals surface area contributed by atoms with Crippen LogP contribution in [0.4, 0.5) is 5.82 Å². The summed E-state index contributed by atoms with van der Waals surface area (Å²) in [6, 6.07) is 8.67. The molecule has 0 aliphatic carbocycles. The largest absolute Gasteiger partial charge is 0.481 e. The lowest BCUT2D eigenvalue weighted by atomic mass is 10.1. The number of aromatic nitrogens is 3. The van der Waals surface area contributed by atoms with Gasteiger partial charge in [0.15, 0.2) is 12.2 Å². The molecule has 3 rings (SSSR count). The Balaban J connectivity index is 1.91. The van der Waals surface area contributed by atoms with Gasteiger partial charge in [-0.05, 0) is 6.92 Å². The van der Waals surface area contributed by atoms with Crippen molar-refractivity contribution in [1.82, 2.24) is 9.97 Å². The Morgan fingerprint density at radius 3 is 2.47 bits per heavy atom. The van der Waals surface area contributed by atoms with Crippen molar-refractivity contribution in [3.63, 3.8) is 0 Å². The minimum absolute atomic E-state index is 0.0769. The number of phosphoric acid groups is 2. The van der Waals surface area contributed by atoms with Crippen molar-refractivity contribution in [2.75, 3.05) is 12.3 Å². The Labute approximate surface area is 198 Å². The Bertz CT molecular complexity index is 1290. The number of nitrogens with zero attached hydrogens (tertiary/aromatic N) is 3. The molecular weight excluding hydrogens is 506 g/mol. The lowest BCUT2D eigenvalue weighted by Gasteiger charge is -2.11. The van der Waals surface area contributed by atoms with Gasteiger partial charge in [-0.15, -0.1) is 0 Å². The van der Waals surface area contributed by atoms with Crippen molar-refractivity contribution in [1.29, 1.82) is 0 Å². The lowest BCUT2D eigenvalue weighted by Crippen LogP contribution is -2.41. The topological polar surface area (TPSA) is 186 Å². The third-order valence-electron chi connectivity index (χ3n) is 4.64. The van der Waals surface area contributed by atoms with E-state index in [1.807, 2.05) is 0 Å². The van der Waals surface area contributed by atoms with Crippen molar-refractivity contribution in [2.45, 2.75) is 26.8 Å². The van der Waals surface area contributed by atoms with Gasteiger partial charge in [0.1, 0.15) is 11.6 Å². The average molecular weight is 529 g/mol. The van der Waals surface area contributed by atoms with E-state index in [9.17, 15) is 18.8 Å². The first-order valence-corrected chi connectivity index (χ1v) is 13.6. The summed E-state index contributed by atoms with van der Waals surface area (Å²) in [7, 11) is -10.2. The highest BCUT2D eigenvalue weighted by Gasteiger charge is 2.34. The molecule has 2 aromatic heterocycles. The van der Waals surface area contributed by atoms with Crippen LogP contribution in [0, 0.1) is 13.8 Å². The fourth-order valence-electron chi connectivity index (χ4n) is 3.07. The van der Waals surface area contributed by atoms with E-state index in [4.69, 9.17) is 15.5 Å². The fourth-order valence-corrected chi connectivity index (χ4v) is 5.85. The van der Waals surface area contributed by atoms with Gasteiger partial charge in [-0.1, -0.05) is 41.7 Å². The second-order valence-corrected chi connectivity index (χ2v) is 11.1. The van der Waals surface area contributed by atoms with Gasteiger partial charge in [0, 0.05) is 25.1 Å². The van der Waals surface area contributed by atoms with E-state index in [2.05, 4.69) is 18.8 Å². The van der Waals surface area contributed by atoms with Gasteiger partial charge in [-0.2, -0.15) is 8.88 Å². The number of nitrogens with two attached hydrogens (primary N) is 1. The molecule has 34 heavy (non-hydrogen) atoms. The Kier molecular flexibility index (Phi) is 8.12. The number of hydrogen-bond donors (Lipinski definition) is 4. The maximum absolute atomic E-state index is 13.3. The summed E-state index contributed by atoms with van der Waals surface area (Å²) < 4.78 is 32.8. The van der Waals surface area contributed by atoms with E-state index >= 15 is 0 Å². The average Bonchev–Trinajstić information content (AvgIpc) is 3.04. The molecule has 12 nitrogen and oxygen atoms in total. The number of ketones is 1. The molecule has 5 N–H and O–H groups in total. The summed E-state index contributed by atoms with van der Waals surface area (Å²) in [5, 5.41) is 0.386. The molecule has 1 atom stereocenters. The molecule has 0 amide bonds. The number of phosphoric ester groups is 1. The van der Waals surface area contributed by atoms with Gasteiger partial charge < -0.3 is 20.4 Å². The second-order valence-electron chi connectivity index (χ2n) is 7.15. The maximum Gasteiger partial charge on any atom is 0.481 e. The van der Waals surface area contributed by atoms with Crippen LogP contribution < -0.4 is 10.3 Å². The molecule has 0 fully saturated rings. The summed E-state index contributed by atoms with van der Waals surface area (Å²) in [5.74, 6) is 0.562. The molecule has 0 aliphatic heterocycles. The minimum Gasteiger partial charge on any atom is -0.383 e. The van der Waals surface area contributed by atoms with E-state index < -0.39 is 15.6 Å². The lowest BCUT2D eigenvalue weighted by molar-refractivity contribution is -0.691. The molecule has 1 aromatic carbocycles. The third kappa shape index (κ3) is 6.84. The molecule has 15 heteroatoms. The third-order valence-corrected chi connectivity index (χ3v) is 8.17. The number of rotatable bonds is 10. The second kappa shape index (κ2) is 10.5. The predicted molar refractivity (Wildman–Crippen MR) is 122 cm³/mol. The standard InChI is InChI=1S/C19H22N4O8P2S/c1-12-16(8-9-30-33(28,29)31-32(25,26)27)34-19(17(24)14-6-4-3-5-7-14)23(12)11-15-10-21-13(2)22-18(15)20/h3-7,10H,8-9,11H2,1-2H3,(H4-,20,21,22,25,26,27,28,29)/p+1. The number of nitrogen functional groups attached to an aromatic ring is 1. The summed E-state index contributed by atoms with van der Waals surface area (Å²) >= 11 is 1.17. The molecule has 0 radical (unpaired) electrons. The Hall–Kier alpha value is -2.34. The first kappa shape index (κ1) is 26.3. The van der Waals surface area contributed by atoms with Crippen LogP contribution in [0.25, 0.3) is 0 Å². The van der Waals surface area contributed by atoms with Gasteiger partial charge in [0.2, 0.25) is 0 Å². The van der Waals surface area contributed by atoms with E-state index in [1.165, 1.54) is 11.3 Å². The van der Waals surface area contributed by atoms with Crippen LogP contribution in [-0.4, -0.2) is 37.0 Å². The highest BCUT2D eigenvalue weighted by molar-refractivity contribution is 7.60. The van der Waals surface area contributed by atoms with Crippen LogP contribution in [0.15, 0.2) is 36.5 Å². The van der Waals surface area contributed by atoms with Crippen LogP contribution in [-0.2, 0) is 30.9 Å². The highest BCUT2D eigenvalue weighted by Crippen LogP contribution is 2.57. The quantitative estimate of drug-likeness (QED) is 0.171. The minimum atomic E-state index is -5.22. The SMILES string of the molecule is Cc1ncc(C[n+]2c(C(=O)c3ccccc3)sc(CCOP(=O)(O)OP(=O)(O)O)c2C)c(N)n1. The van der Waals surface area contributed by atoms with Gasteiger partial charge in [-0.3, -0.25) is 9.32 Å². The summed E-state index contributed by atoms with van der Waals surface area (Å²) in [6.07, 6.45) is 1.66. The molecule has 1 unspecified atom stereocenters. The van der Waals surface area contributed by atoms with E-state index in [1.54, 1.807) is 54.9 Å². The number of benzene rings is 1. The van der Waals surface area contributed by atoms with Crippen molar-refractivity contribution >= 4 is 38.6 Å². The molecule has 3 aromatic rings. The normalized spacial score (nSPS) is 13.6. The first-order valence-electron chi connectivity index (χ1n) is 9.80. The van der Waals surface area contributed by atoms with Gasteiger partial charge in [0.25, 0.3) is 5.78 Å². The number of anilines is 1. The van der Waals surface area contributed by atoms with Gasteiger partial charge in [0.05, 0.1) is 17.0 Å². The molecule has 0 aliphatic rings. The summed E-state index contributed by atoms with van der Waals surface area (Å²) in [6.45, 7) is 3.30. The zero-order valence-electron chi connectivity index (χ0n) is 18.2. The van der Waals surface area contributed by atoms with Gasteiger partial charge in [-0.25, -0.2) is 19.1 Å². The number of carbonyl (C=O) groups excluding carboxylic acids is 1. The van der Waals surface area contributed by atoms with E-state index in [0.717, 1.165) is 0 Å². The first-order chi connectivity index (χ1) is 15.9. The summed E-state index contributed by atoms with van der Waals surface area (Å²) in [4.78, 5) is 49.2. The molecule has 0 saturated heterocycles. The van der Waals surface area contributed by atoms with E-state index in [0.29, 0.717) is 32.5 Å². The van der Waals surface area contributed by atoms with Crippen molar-refractivity contribution < 1.29 is 42.0 Å². The van der Waals surface area contributed by atoms with Crippen LogP contribution in [0.3, 0.4) is 0 Å². The summed E-state index contributed by atoms with van der Waals surface area (Å²) in [5.41, 5.74) is 7.80. The monoisotopic (exact) mass is 529 g/mol. The molecule has 0 spiro atoms. The highest BCUT2D eigenvalue weighted by atomic mass is 32.1. The molecule has 0 saturated carbocycles. The van der Waals surface area contributed by atoms with Crippen molar-refractivity contribution in [3.8, 4) is 0 Å². The maximum atomic E-state index is 13.3. The molecular formula is C19H23N4O8P2S+. The zero-order valence-corrected chi connectivity index (χ0v) is 20.8. The van der Waals surface area contributed by atoms with Crippen molar-refractivity contribution in [2.24, 2.45) is 0 Å². The van der Waals surface area contributed by atoms with Gasteiger partial charge >= 0.3 is 20.7 Å². The number of aryl methyl sites for hydroxylation is 1. The van der Waals surface area contributed by atoms with Crippen LogP contribution >= 0.6 is 27.0 Å². The Morgan fingerprint density at radius 2 is 1.85 bits per heavy atom. The molecule has 182 valence electrons. The number of carbonyl (C=O) groups is 1. The van der Waals surface area contributed by atoms with E-state index in [-0.39, 0.29) is 31.2 Å². The van der Waals surface area contributed by atoms with Crippen LogP contribution in [0.2, 0.25) is 0 Å². The zero-order chi connectivity index (χ0) is 25.1. The smallest absolute Gasteiger partial charge is 0.383 e.